The van der Waals surface area contributed by atoms with Gasteiger partial charge in [0.1, 0.15) is 6.04 Å². The Balaban J connectivity index is 1.36. The molecule has 1 aliphatic carbocycles. The number of carbonyl (C=O) groups is 3. The van der Waals surface area contributed by atoms with Crippen LogP contribution in [-0.4, -0.2) is 29.1 Å². The van der Waals surface area contributed by atoms with Crippen molar-refractivity contribution in [3.63, 3.8) is 0 Å². The van der Waals surface area contributed by atoms with Crippen LogP contribution in [0.5, 0.6) is 0 Å². The van der Waals surface area contributed by atoms with E-state index in [-0.39, 0.29) is 12.3 Å². The average Bonchev–Trinajstić information content (AvgIpc) is 3.26. The fourth-order valence-corrected chi connectivity index (χ4v) is 4.43. The van der Waals surface area contributed by atoms with Gasteiger partial charge in [-0.15, -0.1) is 0 Å². The number of unbranched alkanes of at least 4 members (excludes halogenated alkanes) is 2. The van der Waals surface area contributed by atoms with Crippen molar-refractivity contribution in [2.45, 2.75) is 44.6 Å². The largest absolute Gasteiger partial charge is 0.326 e. The highest BCUT2D eigenvalue weighted by Gasteiger charge is 2.22. The number of carbonyl (C=O) groups excluding carboxylic acids is 3. The Morgan fingerprint density at radius 2 is 1.53 bits per heavy atom. The summed E-state index contributed by atoms with van der Waals surface area (Å²) < 4.78 is 0. The normalized spacial score (nSPS) is 12.1. The van der Waals surface area contributed by atoms with Crippen LogP contribution in [0.15, 0.2) is 72.8 Å². The predicted octanol–water partition coefficient (Wildman–Crippen LogP) is 4.84. The van der Waals surface area contributed by atoms with E-state index in [1.54, 1.807) is 17.6 Å². The second-order valence-electron chi connectivity index (χ2n) is 8.85. The van der Waals surface area contributed by atoms with Crippen molar-refractivity contribution in [1.29, 1.82) is 0 Å². The number of amides is 4. The lowest BCUT2D eigenvalue weighted by molar-refractivity contribution is -0.129. The van der Waals surface area contributed by atoms with Gasteiger partial charge in [-0.2, -0.15) is 0 Å². The molecule has 4 amide bonds. The highest BCUT2D eigenvalue weighted by molar-refractivity contribution is 5.99. The molecule has 3 aromatic rings. The van der Waals surface area contributed by atoms with Gasteiger partial charge in [-0.05, 0) is 65.8 Å². The lowest BCUT2D eigenvalue weighted by Gasteiger charge is -2.19. The number of anilines is 2. The molecule has 36 heavy (non-hydrogen) atoms. The van der Waals surface area contributed by atoms with Crippen LogP contribution in [0.4, 0.5) is 16.2 Å². The Morgan fingerprint density at radius 3 is 2.33 bits per heavy atom. The van der Waals surface area contributed by atoms with Crippen LogP contribution >= 0.6 is 0 Å². The van der Waals surface area contributed by atoms with E-state index in [1.807, 2.05) is 48.5 Å². The maximum Gasteiger partial charge on any atom is 0.319 e. The summed E-state index contributed by atoms with van der Waals surface area (Å²) in [4.78, 5) is 37.0. The SMILES string of the molecule is O=C(CCCCC[C@H](NC(=O)Nc1ccc2c(c1)Cc1ccccc1-2)C(=O)Nc1ccccc1)NO. The smallest absolute Gasteiger partial charge is 0.319 e. The molecule has 0 radical (unpaired) electrons. The van der Waals surface area contributed by atoms with Gasteiger partial charge in [0.25, 0.3) is 0 Å². The molecule has 0 unspecified atom stereocenters. The molecule has 0 saturated carbocycles. The van der Waals surface area contributed by atoms with Crippen molar-refractivity contribution in [1.82, 2.24) is 10.8 Å². The Bertz CT molecular complexity index is 1230. The Hall–Kier alpha value is -4.17. The minimum Gasteiger partial charge on any atom is -0.326 e. The second-order valence-corrected chi connectivity index (χ2v) is 8.85. The molecule has 4 rings (SSSR count). The minimum atomic E-state index is -0.754. The lowest BCUT2D eigenvalue weighted by Crippen LogP contribution is -2.45. The Kier molecular flexibility index (Phi) is 8.31. The van der Waals surface area contributed by atoms with Crippen LogP contribution in [0, 0.1) is 0 Å². The third-order valence-electron chi connectivity index (χ3n) is 6.24. The monoisotopic (exact) mass is 486 g/mol. The number of urea groups is 1. The molecule has 8 nitrogen and oxygen atoms in total. The maximum atomic E-state index is 12.9. The maximum absolute atomic E-state index is 12.9. The molecule has 5 N–H and O–H groups in total. The molecule has 0 bridgehead atoms. The first-order valence-corrected chi connectivity index (χ1v) is 12.1. The number of nitrogens with one attached hydrogen (secondary N) is 4. The predicted molar refractivity (Wildman–Crippen MR) is 139 cm³/mol. The van der Waals surface area contributed by atoms with Crippen LogP contribution in [0.1, 0.15) is 43.2 Å². The van der Waals surface area contributed by atoms with Gasteiger partial charge in [0, 0.05) is 17.8 Å². The second kappa shape index (κ2) is 12.0. The quantitative estimate of drug-likeness (QED) is 0.125. The zero-order chi connectivity index (χ0) is 25.3. The minimum absolute atomic E-state index is 0.202. The molecule has 1 atom stereocenters. The van der Waals surface area contributed by atoms with Crippen LogP contribution in [0.3, 0.4) is 0 Å². The fraction of sp³-hybridized carbons (Fsp3) is 0.250. The topological polar surface area (TPSA) is 120 Å². The summed E-state index contributed by atoms with van der Waals surface area (Å²) in [6.45, 7) is 0. The van der Waals surface area contributed by atoms with Crippen molar-refractivity contribution >= 4 is 29.2 Å². The number of para-hydroxylation sites is 1. The first kappa shape index (κ1) is 24.9. The van der Waals surface area contributed by atoms with Crippen molar-refractivity contribution in [2.75, 3.05) is 10.6 Å². The summed E-state index contributed by atoms with van der Waals surface area (Å²) in [5, 5.41) is 17.1. The number of rotatable bonds is 10. The van der Waals surface area contributed by atoms with Crippen LogP contribution in [0.2, 0.25) is 0 Å². The molecule has 3 aromatic carbocycles. The molecule has 0 saturated heterocycles. The molecule has 1 aliphatic rings. The molecule has 0 heterocycles. The summed E-state index contributed by atoms with van der Waals surface area (Å²) in [5.74, 6) is -0.753. The first-order chi connectivity index (χ1) is 17.5. The van der Waals surface area contributed by atoms with Crippen molar-refractivity contribution in [3.8, 4) is 11.1 Å². The number of hydrogen-bond acceptors (Lipinski definition) is 4. The molecule has 8 heteroatoms. The molecule has 0 fully saturated rings. The lowest BCUT2D eigenvalue weighted by atomic mass is 10.1. The fourth-order valence-electron chi connectivity index (χ4n) is 4.43. The molecule has 186 valence electrons. The molecular formula is C28H30N4O4. The van der Waals surface area contributed by atoms with E-state index in [1.165, 1.54) is 16.7 Å². The Morgan fingerprint density at radius 1 is 0.778 bits per heavy atom. The average molecular weight is 487 g/mol. The zero-order valence-electron chi connectivity index (χ0n) is 19.9. The van der Waals surface area contributed by atoms with E-state index < -0.39 is 18.0 Å². The van der Waals surface area contributed by atoms with Crippen molar-refractivity contribution in [3.05, 3.63) is 83.9 Å². The van der Waals surface area contributed by atoms with E-state index in [4.69, 9.17) is 5.21 Å². The van der Waals surface area contributed by atoms with Gasteiger partial charge in [0.05, 0.1) is 0 Å². The molecule has 0 spiro atoms. The third-order valence-corrected chi connectivity index (χ3v) is 6.24. The first-order valence-electron chi connectivity index (χ1n) is 12.1. The Labute approximate surface area is 210 Å². The highest BCUT2D eigenvalue weighted by atomic mass is 16.5. The third kappa shape index (κ3) is 6.49. The van der Waals surface area contributed by atoms with Crippen LogP contribution < -0.4 is 21.4 Å². The van der Waals surface area contributed by atoms with Crippen LogP contribution in [-0.2, 0) is 16.0 Å². The summed E-state index contributed by atoms with van der Waals surface area (Å²) in [5.41, 5.74) is 7.73. The van der Waals surface area contributed by atoms with Gasteiger partial charge in [-0.1, -0.05) is 61.4 Å². The van der Waals surface area contributed by atoms with Gasteiger partial charge in [-0.25, -0.2) is 10.3 Å². The van der Waals surface area contributed by atoms with E-state index in [0.717, 1.165) is 12.0 Å². The van der Waals surface area contributed by atoms with Gasteiger partial charge >= 0.3 is 6.03 Å². The van der Waals surface area contributed by atoms with Gasteiger partial charge in [0.2, 0.25) is 11.8 Å². The molecule has 0 aliphatic heterocycles. The highest BCUT2D eigenvalue weighted by Crippen LogP contribution is 2.37. The number of benzene rings is 3. The molecule has 0 aromatic heterocycles. The molecular weight excluding hydrogens is 456 g/mol. The van der Waals surface area contributed by atoms with Gasteiger partial charge < -0.3 is 16.0 Å². The summed E-state index contributed by atoms with van der Waals surface area (Å²) in [6.07, 6.45) is 3.31. The summed E-state index contributed by atoms with van der Waals surface area (Å²) in [6, 6.07) is 22.0. The van der Waals surface area contributed by atoms with Crippen molar-refractivity contribution in [2.24, 2.45) is 0 Å². The van der Waals surface area contributed by atoms with Gasteiger partial charge in [-0.3, -0.25) is 14.8 Å². The summed E-state index contributed by atoms with van der Waals surface area (Å²) >= 11 is 0. The standard InChI is InChI=1S/C28H30N4O4/c33-26(32-36)14-6-2-5-13-25(27(34)29-21-10-3-1-4-11-21)31-28(35)30-22-15-16-24-20(18-22)17-19-9-7-8-12-23(19)24/h1,3-4,7-12,15-16,18,25,36H,2,5-6,13-14,17H2,(H,29,34)(H,32,33)(H2,30,31,35)/t25-/m0/s1. The van der Waals surface area contributed by atoms with Crippen molar-refractivity contribution < 1.29 is 19.6 Å². The number of hydroxylamine groups is 1. The zero-order valence-corrected chi connectivity index (χ0v) is 19.9. The van der Waals surface area contributed by atoms with E-state index >= 15 is 0 Å². The van der Waals surface area contributed by atoms with E-state index in [9.17, 15) is 14.4 Å². The van der Waals surface area contributed by atoms with Crippen LogP contribution in [0.25, 0.3) is 11.1 Å². The van der Waals surface area contributed by atoms with E-state index in [0.29, 0.717) is 37.1 Å². The number of hydrogen-bond donors (Lipinski definition) is 5. The number of fused-ring (bicyclic) bond motifs is 3. The van der Waals surface area contributed by atoms with E-state index in [2.05, 4.69) is 28.1 Å². The van der Waals surface area contributed by atoms with Gasteiger partial charge in [0.15, 0.2) is 0 Å². The summed E-state index contributed by atoms with van der Waals surface area (Å²) in [7, 11) is 0.